The number of aromatic amines is 1. The molecule has 2 aromatic carbocycles. The van der Waals surface area contributed by atoms with E-state index in [4.69, 9.17) is 11.6 Å². The Bertz CT molecular complexity index is 1410. The van der Waals surface area contributed by atoms with Crippen molar-refractivity contribution in [2.24, 2.45) is 0 Å². The third kappa shape index (κ3) is 3.85. The second kappa shape index (κ2) is 8.38. The largest absolute Gasteiger partial charge is 0.328 e. The van der Waals surface area contributed by atoms with E-state index in [9.17, 15) is 10.1 Å². The van der Waals surface area contributed by atoms with Gasteiger partial charge in [-0.05, 0) is 42.8 Å². The maximum atomic E-state index is 15.1. The number of halogens is 2. The summed E-state index contributed by atoms with van der Waals surface area (Å²) in [6.07, 6.45) is 1.89. The minimum Gasteiger partial charge on any atom is -0.328 e. The van der Waals surface area contributed by atoms with Crippen LogP contribution in [-0.2, 0) is 0 Å². The molecule has 0 radical (unpaired) electrons. The summed E-state index contributed by atoms with van der Waals surface area (Å²) in [6.45, 7) is 1.90. The zero-order chi connectivity index (χ0) is 22.1. The van der Waals surface area contributed by atoms with Crippen molar-refractivity contribution >= 4 is 40.4 Å². The van der Waals surface area contributed by atoms with Gasteiger partial charge in [-0.15, -0.1) is 0 Å². The number of aromatic nitrogens is 3. The highest BCUT2D eigenvalue weighted by atomic mass is 35.5. The molecule has 0 saturated carbocycles. The Morgan fingerprint density at radius 1 is 1.19 bits per heavy atom. The van der Waals surface area contributed by atoms with E-state index in [1.54, 1.807) is 18.2 Å². The first-order chi connectivity index (χ1) is 14.9. The van der Waals surface area contributed by atoms with E-state index in [0.717, 1.165) is 11.3 Å². The second-order valence-corrected chi connectivity index (χ2v) is 7.73. The number of anilines is 1. The fraction of sp³-hybridized carbons (Fsp3) is 0.0909. The van der Waals surface area contributed by atoms with Crippen LogP contribution >= 0.6 is 23.5 Å². The van der Waals surface area contributed by atoms with Crippen LogP contribution in [0.25, 0.3) is 33.7 Å². The summed E-state index contributed by atoms with van der Waals surface area (Å²) in [7, 11) is 0. The molecule has 0 aliphatic heterocycles. The van der Waals surface area contributed by atoms with Crippen LogP contribution in [0.15, 0.2) is 47.3 Å². The number of aryl methyl sites for hydroxylation is 1. The number of hydrogen-bond donors (Lipinski definition) is 2. The van der Waals surface area contributed by atoms with Crippen LogP contribution < -0.4 is 10.3 Å². The number of nitrogens with zero attached hydrogens (tertiary/aromatic N) is 3. The van der Waals surface area contributed by atoms with Gasteiger partial charge in [-0.1, -0.05) is 29.6 Å². The first-order valence-electron chi connectivity index (χ1n) is 9.12. The lowest BCUT2D eigenvalue weighted by molar-refractivity contribution is 0.627. The van der Waals surface area contributed by atoms with Gasteiger partial charge in [0.1, 0.15) is 23.1 Å². The second-order valence-electron chi connectivity index (χ2n) is 6.71. The van der Waals surface area contributed by atoms with Gasteiger partial charge in [0.25, 0.3) is 0 Å². The Morgan fingerprint density at radius 2 is 2.00 bits per heavy atom. The molecule has 0 aliphatic carbocycles. The lowest BCUT2D eigenvalue weighted by Crippen LogP contribution is -2.07. The fourth-order valence-corrected chi connectivity index (χ4v) is 4.12. The SMILES string of the molecule is CSNc1c(C)cc(-c2nc3ccc(=O)[nH]c3nc2-c2cccc(C#N)c2F)cc1Cl. The number of benzene rings is 2. The Labute approximate surface area is 186 Å². The standard InChI is InChI=1S/C22H15ClFN5OS/c1-11-8-13(9-15(23)19(11)29-31-2)20-21(14-5-3-4-12(10-25)18(14)24)28-22-16(26-20)6-7-17(30)27-22/h3-9,29H,1-2H3,(H,27,28,30). The molecule has 4 rings (SSSR count). The first kappa shape index (κ1) is 20.8. The molecule has 154 valence electrons. The van der Waals surface area contributed by atoms with Crippen molar-refractivity contribution in [3.63, 3.8) is 0 Å². The van der Waals surface area contributed by atoms with Gasteiger partial charge in [0.2, 0.25) is 5.56 Å². The molecule has 0 bridgehead atoms. The number of pyridine rings is 1. The molecule has 0 atom stereocenters. The number of nitrogens with one attached hydrogen (secondary N) is 2. The van der Waals surface area contributed by atoms with Crippen LogP contribution in [0.3, 0.4) is 0 Å². The van der Waals surface area contributed by atoms with Gasteiger partial charge in [0, 0.05) is 23.4 Å². The molecule has 6 nitrogen and oxygen atoms in total. The molecule has 4 aromatic rings. The van der Waals surface area contributed by atoms with Crippen LogP contribution in [0.2, 0.25) is 5.02 Å². The van der Waals surface area contributed by atoms with Crippen molar-refractivity contribution < 1.29 is 4.39 Å². The number of H-pyrrole nitrogens is 1. The van der Waals surface area contributed by atoms with Crippen molar-refractivity contribution in [3.05, 3.63) is 74.8 Å². The van der Waals surface area contributed by atoms with E-state index in [-0.39, 0.29) is 28.0 Å². The summed E-state index contributed by atoms with van der Waals surface area (Å²) in [5.41, 5.74) is 3.16. The fourth-order valence-electron chi connectivity index (χ4n) is 3.27. The quantitative estimate of drug-likeness (QED) is 0.408. The van der Waals surface area contributed by atoms with Gasteiger partial charge < -0.3 is 9.71 Å². The number of fused-ring (bicyclic) bond motifs is 1. The molecular formula is C22H15ClFN5OS. The molecule has 0 unspecified atom stereocenters. The van der Waals surface area contributed by atoms with Gasteiger partial charge in [0.05, 0.1) is 22.0 Å². The molecule has 0 amide bonds. The van der Waals surface area contributed by atoms with Crippen LogP contribution in [0.4, 0.5) is 10.1 Å². The van der Waals surface area contributed by atoms with E-state index in [1.807, 2.05) is 25.3 Å². The van der Waals surface area contributed by atoms with Gasteiger partial charge in [-0.3, -0.25) is 4.79 Å². The summed E-state index contributed by atoms with van der Waals surface area (Å²) in [5, 5.41) is 9.71. The number of nitriles is 1. The monoisotopic (exact) mass is 451 g/mol. The maximum Gasteiger partial charge on any atom is 0.249 e. The highest BCUT2D eigenvalue weighted by molar-refractivity contribution is 7.99. The van der Waals surface area contributed by atoms with Crippen LogP contribution in [0.5, 0.6) is 0 Å². The summed E-state index contributed by atoms with van der Waals surface area (Å²) >= 11 is 7.91. The predicted molar refractivity (Wildman–Crippen MR) is 123 cm³/mol. The topological polar surface area (TPSA) is 94.5 Å². The average molecular weight is 452 g/mol. The molecule has 0 saturated heterocycles. The molecule has 0 fully saturated rings. The van der Waals surface area contributed by atoms with E-state index in [2.05, 4.69) is 19.7 Å². The Hall–Kier alpha value is -3.41. The van der Waals surface area contributed by atoms with Crippen LogP contribution in [-0.4, -0.2) is 21.2 Å². The summed E-state index contributed by atoms with van der Waals surface area (Å²) < 4.78 is 18.2. The Morgan fingerprint density at radius 3 is 2.71 bits per heavy atom. The highest BCUT2D eigenvalue weighted by Crippen LogP contribution is 2.37. The van der Waals surface area contributed by atoms with Crippen LogP contribution in [0.1, 0.15) is 11.1 Å². The normalized spacial score (nSPS) is 10.8. The smallest absolute Gasteiger partial charge is 0.249 e. The third-order valence-corrected chi connectivity index (χ3v) is 5.40. The zero-order valence-electron chi connectivity index (χ0n) is 16.5. The molecule has 0 aliphatic rings. The molecule has 2 N–H and O–H groups in total. The van der Waals surface area contributed by atoms with Crippen molar-refractivity contribution in [2.75, 3.05) is 11.0 Å². The lowest BCUT2D eigenvalue weighted by atomic mass is 10.00. The summed E-state index contributed by atoms with van der Waals surface area (Å²) in [6, 6.07) is 12.8. The van der Waals surface area contributed by atoms with Gasteiger partial charge >= 0.3 is 0 Å². The molecule has 9 heteroatoms. The van der Waals surface area contributed by atoms with Crippen molar-refractivity contribution in [1.29, 1.82) is 5.26 Å². The average Bonchev–Trinajstić information content (AvgIpc) is 2.75. The summed E-state index contributed by atoms with van der Waals surface area (Å²) in [5.74, 6) is -0.707. The number of rotatable bonds is 4. The molecule has 31 heavy (non-hydrogen) atoms. The van der Waals surface area contributed by atoms with E-state index in [1.165, 1.54) is 30.1 Å². The minimum absolute atomic E-state index is 0.105. The van der Waals surface area contributed by atoms with Gasteiger partial charge in [-0.2, -0.15) is 5.26 Å². The number of hydrogen-bond acceptors (Lipinski definition) is 6. The van der Waals surface area contributed by atoms with Crippen molar-refractivity contribution in [1.82, 2.24) is 15.0 Å². The van der Waals surface area contributed by atoms with Crippen molar-refractivity contribution in [3.8, 4) is 28.6 Å². The predicted octanol–water partition coefficient (Wildman–Crippen LogP) is 5.31. The molecule has 0 spiro atoms. The summed E-state index contributed by atoms with van der Waals surface area (Å²) in [4.78, 5) is 23.6. The Kier molecular flexibility index (Phi) is 5.63. The van der Waals surface area contributed by atoms with E-state index in [0.29, 0.717) is 21.8 Å². The highest BCUT2D eigenvalue weighted by Gasteiger charge is 2.20. The van der Waals surface area contributed by atoms with Crippen LogP contribution in [0, 0.1) is 24.1 Å². The maximum absolute atomic E-state index is 15.1. The first-order valence-corrected chi connectivity index (χ1v) is 10.7. The molecular weight excluding hydrogens is 437 g/mol. The third-order valence-electron chi connectivity index (χ3n) is 4.70. The minimum atomic E-state index is -0.707. The molecule has 2 aromatic heterocycles. The van der Waals surface area contributed by atoms with Gasteiger partial charge in [-0.25, -0.2) is 14.4 Å². The lowest BCUT2D eigenvalue weighted by Gasteiger charge is -2.15. The van der Waals surface area contributed by atoms with Crippen molar-refractivity contribution in [2.45, 2.75) is 6.92 Å². The molecule has 2 heterocycles. The van der Waals surface area contributed by atoms with E-state index >= 15 is 4.39 Å². The Balaban J connectivity index is 2.06. The van der Waals surface area contributed by atoms with E-state index < -0.39 is 5.82 Å². The van der Waals surface area contributed by atoms with Gasteiger partial charge in [0.15, 0.2) is 5.65 Å². The zero-order valence-corrected chi connectivity index (χ0v) is 18.0.